The molecule has 0 aliphatic carbocycles. The molecule has 26 heavy (non-hydrogen) atoms. The van der Waals surface area contributed by atoms with E-state index in [1.54, 1.807) is 19.1 Å². The predicted molar refractivity (Wildman–Crippen MR) is 105 cm³/mol. The largest absolute Gasteiger partial charge is 0.374 e. The van der Waals surface area contributed by atoms with Crippen LogP contribution in [-0.2, 0) is 14.8 Å². The molecular formula is C19H25N3O3S. The number of sulfonamides is 1. The lowest BCUT2D eigenvalue weighted by molar-refractivity contribution is -0.116. The van der Waals surface area contributed by atoms with Crippen LogP contribution in [0, 0.1) is 13.8 Å². The summed E-state index contributed by atoms with van der Waals surface area (Å²) in [6.07, 6.45) is 0. The number of nitrogens with one attached hydrogen (secondary N) is 2. The van der Waals surface area contributed by atoms with Crippen molar-refractivity contribution < 1.29 is 13.2 Å². The fourth-order valence-electron chi connectivity index (χ4n) is 2.57. The Morgan fingerprint density at radius 2 is 1.62 bits per heavy atom. The van der Waals surface area contributed by atoms with Crippen molar-refractivity contribution in [3.05, 3.63) is 53.6 Å². The third-order valence-corrected chi connectivity index (χ3v) is 5.69. The standard InChI is InChI=1S/C19H25N3O3S/c1-13-9-14(2)11-17(10-13)20-15(3)19(23)21-16-7-6-8-18(12-16)26(24,25)22(4)5/h6-12,15,20H,1-5H3,(H,21,23). The van der Waals surface area contributed by atoms with Crippen LogP contribution in [0.4, 0.5) is 11.4 Å². The molecular weight excluding hydrogens is 350 g/mol. The van der Waals surface area contributed by atoms with Gasteiger partial charge in [0.15, 0.2) is 0 Å². The molecule has 0 bridgehead atoms. The monoisotopic (exact) mass is 375 g/mol. The normalized spacial score (nSPS) is 12.7. The van der Waals surface area contributed by atoms with Gasteiger partial charge in [0.1, 0.15) is 6.04 Å². The van der Waals surface area contributed by atoms with E-state index in [1.807, 2.05) is 26.0 Å². The Bertz CT molecular complexity index is 888. The first-order valence-electron chi connectivity index (χ1n) is 8.28. The van der Waals surface area contributed by atoms with Crippen molar-refractivity contribution in [1.82, 2.24) is 4.31 Å². The zero-order chi connectivity index (χ0) is 19.5. The molecule has 1 amide bonds. The molecule has 0 saturated heterocycles. The van der Waals surface area contributed by atoms with E-state index in [0.717, 1.165) is 21.1 Å². The number of hydrogen-bond donors (Lipinski definition) is 2. The van der Waals surface area contributed by atoms with Crippen LogP contribution in [0.1, 0.15) is 18.1 Å². The molecule has 2 N–H and O–H groups in total. The Labute approximate surface area is 155 Å². The quantitative estimate of drug-likeness (QED) is 0.814. The van der Waals surface area contributed by atoms with E-state index in [1.165, 1.54) is 26.2 Å². The SMILES string of the molecule is Cc1cc(C)cc(NC(C)C(=O)Nc2cccc(S(=O)(=O)N(C)C)c2)c1. The fourth-order valence-corrected chi connectivity index (χ4v) is 3.52. The third kappa shape index (κ3) is 4.83. The lowest BCUT2D eigenvalue weighted by atomic mass is 10.1. The van der Waals surface area contributed by atoms with Crippen LogP contribution in [0.25, 0.3) is 0 Å². The molecule has 0 radical (unpaired) electrons. The van der Waals surface area contributed by atoms with Crippen molar-refractivity contribution in [3.8, 4) is 0 Å². The topological polar surface area (TPSA) is 78.5 Å². The molecule has 1 atom stereocenters. The fraction of sp³-hybridized carbons (Fsp3) is 0.316. The summed E-state index contributed by atoms with van der Waals surface area (Å²) in [7, 11) is -0.610. The van der Waals surface area contributed by atoms with Crippen molar-refractivity contribution in [1.29, 1.82) is 0 Å². The number of benzene rings is 2. The minimum Gasteiger partial charge on any atom is -0.374 e. The van der Waals surface area contributed by atoms with Gasteiger partial charge >= 0.3 is 0 Å². The molecule has 140 valence electrons. The van der Waals surface area contributed by atoms with Gasteiger partial charge < -0.3 is 10.6 Å². The third-order valence-electron chi connectivity index (χ3n) is 3.88. The van der Waals surface area contributed by atoms with Gasteiger partial charge in [0, 0.05) is 25.5 Å². The zero-order valence-corrected chi connectivity index (χ0v) is 16.5. The van der Waals surface area contributed by atoms with Crippen LogP contribution < -0.4 is 10.6 Å². The first-order chi connectivity index (χ1) is 12.1. The average molecular weight is 375 g/mol. The van der Waals surface area contributed by atoms with E-state index in [9.17, 15) is 13.2 Å². The van der Waals surface area contributed by atoms with E-state index < -0.39 is 16.1 Å². The summed E-state index contributed by atoms with van der Waals surface area (Å²) in [5.74, 6) is -0.247. The summed E-state index contributed by atoms with van der Waals surface area (Å²) in [5, 5.41) is 5.93. The van der Waals surface area contributed by atoms with Gasteiger partial charge in [-0.15, -0.1) is 0 Å². The molecule has 0 aliphatic rings. The maximum Gasteiger partial charge on any atom is 0.246 e. The molecule has 7 heteroatoms. The second-order valence-electron chi connectivity index (χ2n) is 6.55. The van der Waals surface area contributed by atoms with Gasteiger partial charge in [-0.05, 0) is 62.2 Å². The Morgan fingerprint density at radius 1 is 1.00 bits per heavy atom. The molecule has 0 heterocycles. The highest BCUT2D eigenvalue weighted by Gasteiger charge is 2.18. The molecule has 0 saturated carbocycles. The lowest BCUT2D eigenvalue weighted by Crippen LogP contribution is -2.32. The smallest absolute Gasteiger partial charge is 0.246 e. The number of carbonyl (C=O) groups is 1. The summed E-state index contributed by atoms with van der Waals surface area (Å²) in [4.78, 5) is 12.6. The number of anilines is 2. The summed E-state index contributed by atoms with van der Waals surface area (Å²) >= 11 is 0. The number of nitrogens with zero attached hydrogens (tertiary/aromatic N) is 1. The van der Waals surface area contributed by atoms with Gasteiger partial charge in [0.25, 0.3) is 0 Å². The molecule has 0 aromatic heterocycles. The predicted octanol–water partition coefficient (Wildman–Crippen LogP) is 2.99. The van der Waals surface area contributed by atoms with Crippen LogP contribution >= 0.6 is 0 Å². The second kappa shape index (κ2) is 7.88. The second-order valence-corrected chi connectivity index (χ2v) is 8.70. The van der Waals surface area contributed by atoms with E-state index in [0.29, 0.717) is 5.69 Å². The molecule has 6 nitrogen and oxygen atoms in total. The maximum absolute atomic E-state index is 12.4. The van der Waals surface area contributed by atoms with Crippen molar-refractivity contribution in [3.63, 3.8) is 0 Å². The summed E-state index contributed by atoms with van der Waals surface area (Å²) in [5.41, 5.74) is 3.53. The number of hydrogen-bond acceptors (Lipinski definition) is 4. The van der Waals surface area contributed by atoms with Crippen molar-refractivity contribution in [2.75, 3.05) is 24.7 Å². The average Bonchev–Trinajstić information content (AvgIpc) is 2.53. The van der Waals surface area contributed by atoms with Gasteiger partial charge in [0.2, 0.25) is 15.9 Å². The Kier molecular flexibility index (Phi) is 6.05. The van der Waals surface area contributed by atoms with Crippen molar-refractivity contribution in [2.24, 2.45) is 0 Å². The maximum atomic E-state index is 12.4. The van der Waals surface area contributed by atoms with Gasteiger partial charge in [0.05, 0.1) is 4.90 Å². The highest BCUT2D eigenvalue weighted by Crippen LogP contribution is 2.19. The van der Waals surface area contributed by atoms with Gasteiger partial charge in [-0.25, -0.2) is 12.7 Å². The number of rotatable bonds is 6. The van der Waals surface area contributed by atoms with Crippen LogP contribution in [0.2, 0.25) is 0 Å². The molecule has 0 spiro atoms. The van der Waals surface area contributed by atoms with Crippen molar-refractivity contribution >= 4 is 27.3 Å². The summed E-state index contributed by atoms with van der Waals surface area (Å²) in [6, 6.07) is 11.8. The van der Waals surface area contributed by atoms with Gasteiger partial charge in [-0.2, -0.15) is 0 Å². The Hall–Kier alpha value is -2.38. The molecule has 0 fully saturated rings. The number of aryl methyl sites for hydroxylation is 2. The van der Waals surface area contributed by atoms with E-state index in [2.05, 4.69) is 16.7 Å². The van der Waals surface area contributed by atoms with Crippen LogP contribution in [0.5, 0.6) is 0 Å². The molecule has 1 unspecified atom stereocenters. The van der Waals surface area contributed by atoms with Gasteiger partial charge in [-0.3, -0.25) is 4.79 Å². The first kappa shape index (κ1) is 19.9. The summed E-state index contributed by atoms with van der Waals surface area (Å²) in [6.45, 7) is 5.76. The van der Waals surface area contributed by atoms with E-state index in [-0.39, 0.29) is 10.8 Å². The molecule has 2 rings (SSSR count). The van der Waals surface area contributed by atoms with E-state index >= 15 is 0 Å². The van der Waals surface area contributed by atoms with E-state index in [4.69, 9.17) is 0 Å². The van der Waals surface area contributed by atoms with Gasteiger partial charge in [-0.1, -0.05) is 12.1 Å². The molecule has 0 aliphatic heterocycles. The lowest BCUT2D eigenvalue weighted by Gasteiger charge is -2.17. The summed E-state index contributed by atoms with van der Waals surface area (Å²) < 4.78 is 25.6. The van der Waals surface area contributed by atoms with Crippen molar-refractivity contribution in [2.45, 2.75) is 31.7 Å². The number of carbonyl (C=O) groups excluding carboxylic acids is 1. The minimum atomic E-state index is -3.55. The Balaban J connectivity index is 2.12. The first-order valence-corrected chi connectivity index (χ1v) is 9.72. The minimum absolute atomic E-state index is 0.134. The Morgan fingerprint density at radius 3 is 2.19 bits per heavy atom. The molecule has 2 aromatic carbocycles. The highest BCUT2D eigenvalue weighted by molar-refractivity contribution is 7.89. The molecule has 2 aromatic rings. The number of amides is 1. The van der Waals surface area contributed by atoms with Crippen LogP contribution in [-0.4, -0.2) is 38.8 Å². The zero-order valence-electron chi connectivity index (χ0n) is 15.7. The van der Waals surface area contributed by atoms with Crippen LogP contribution in [0.15, 0.2) is 47.4 Å². The van der Waals surface area contributed by atoms with Crippen LogP contribution in [0.3, 0.4) is 0 Å². The highest BCUT2D eigenvalue weighted by atomic mass is 32.2.